The predicted molar refractivity (Wildman–Crippen MR) is 108 cm³/mol. The summed E-state index contributed by atoms with van der Waals surface area (Å²) in [6, 6.07) is 10.3. The standard InChI is InChI=1S/C19H25N5O3S/c25-17(23-10-8-22(9-11-23)15-5-2-1-3-6-15)14-28-19-21-20-18(26)24(19)13-16-7-4-12-27-16/h1-3,5-6,16H,4,7-14H2,(H,20,26)/t16-/m0/s1. The van der Waals surface area contributed by atoms with Crippen molar-refractivity contribution in [2.75, 3.05) is 43.4 Å². The third-order valence-electron chi connectivity index (χ3n) is 5.21. The highest BCUT2D eigenvalue weighted by atomic mass is 32.2. The number of H-pyrrole nitrogens is 1. The molecular weight excluding hydrogens is 378 g/mol. The zero-order valence-electron chi connectivity index (χ0n) is 15.7. The molecule has 0 bridgehead atoms. The van der Waals surface area contributed by atoms with E-state index in [0.717, 1.165) is 32.5 Å². The molecule has 2 fully saturated rings. The lowest BCUT2D eigenvalue weighted by atomic mass is 10.2. The molecule has 0 saturated carbocycles. The first kappa shape index (κ1) is 19.1. The first-order valence-corrected chi connectivity index (χ1v) is 10.7. The molecule has 0 aliphatic carbocycles. The van der Waals surface area contributed by atoms with Gasteiger partial charge in [0.15, 0.2) is 5.16 Å². The molecular formula is C19H25N5O3S. The number of ether oxygens (including phenoxy) is 1. The SMILES string of the molecule is O=C(CSc1n[nH]c(=O)n1C[C@@H]1CCCO1)N1CCN(c2ccccc2)CC1. The normalized spacial score (nSPS) is 19.9. The van der Waals surface area contributed by atoms with Crippen molar-refractivity contribution < 1.29 is 9.53 Å². The fourth-order valence-electron chi connectivity index (χ4n) is 3.64. The summed E-state index contributed by atoms with van der Waals surface area (Å²) in [5, 5.41) is 7.12. The molecule has 28 heavy (non-hydrogen) atoms. The van der Waals surface area contributed by atoms with Crippen LogP contribution in [-0.4, -0.2) is 70.2 Å². The van der Waals surface area contributed by atoms with Gasteiger partial charge in [0.1, 0.15) is 0 Å². The quantitative estimate of drug-likeness (QED) is 0.730. The van der Waals surface area contributed by atoms with Crippen LogP contribution in [0, 0.1) is 0 Å². The van der Waals surface area contributed by atoms with Gasteiger partial charge >= 0.3 is 5.69 Å². The number of piperazine rings is 1. The van der Waals surface area contributed by atoms with Gasteiger partial charge in [0.05, 0.1) is 18.4 Å². The molecule has 4 rings (SSSR count). The summed E-state index contributed by atoms with van der Waals surface area (Å²) < 4.78 is 7.20. The summed E-state index contributed by atoms with van der Waals surface area (Å²) in [4.78, 5) is 28.8. The summed E-state index contributed by atoms with van der Waals surface area (Å²) in [7, 11) is 0. The van der Waals surface area contributed by atoms with Crippen LogP contribution in [0.2, 0.25) is 0 Å². The van der Waals surface area contributed by atoms with Gasteiger partial charge in [0.2, 0.25) is 5.91 Å². The topological polar surface area (TPSA) is 83.5 Å². The van der Waals surface area contributed by atoms with Crippen molar-refractivity contribution in [1.29, 1.82) is 0 Å². The molecule has 1 aromatic carbocycles. The average Bonchev–Trinajstić information content (AvgIpc) is 3.38. The number of nitrogens with one attached hydrogen (secondary N) is 1. The van der Waals surface area contributed by atoms with Crippen LogP contribution in [-0.2, 0) is 16.1 Å². The third-order valence-corrected chi connectivity index (χ3v) is 6.17. The minimum absolute atomic E-state index is 0.0522. The molecule has 3 heterocycles. The van der Waals surface area contributed by atoms with Crippen molar-refractivity contribution in [2.24, 2.45) is 0 Å². The van der Waals surface area contributed by atoms with E-state index in [2.05, 4.69) is 27.2 Å². The summed E-state index contributed by atoms with van der Waals surface area (Å²) in [5.74, 6) is 0.359. The maximum atomic E-state index is 12.6. The predicted octanol–water partition coefficient (Wildman–Crippen LogP) is 1.19. The summed E-state index contributed by atoms with van der Waals surface area (Å²) in [5.41, 5.74) is 0.945. The van der Waals surface area contributed by atoms with E-state index in [9.17, 15) is 9.59 Å². The van der Waals surface area contributed by atoms with Crippen molar-refractivity contribution in [3.8, 4) is 0 Å². The molecule has 1 N–H and O–H groups in total. The van der Waals surface area contributed by atoms with Crippen LogP contribution in [0.4, 0.5) is 5.69 Å². The molecule has 0 unspecified atom stereocenters. The van der Waals surface area contributed by atoms with E-state index in [1.165, 1.54) is 17.4 Å². The number of para-hydroxylation sites is 1. The number of amides is 1. The Morgan fingerprint density at radius 2 is 2.00 bits per heavy atom. The van der Waals surface area contributed by atoms with Crippen molar-refractivity contribution in [1.82, 2.24) is 19.7 Å². The molecule has 1 amide bonds. The lowest BCUT2D eigenvalue weighted by Crippen LogP contribution is -2.49. The number of carbonyl (C=O) groups is 1. The van der Waals surface area contributed by atoms with E-state index < -0.39 is 0 Å². The highest BCUT2D eigenvalue weighted by Gasteiger charge is 2.23. The lowest BCUT2D eigenvalue weighted by Gasteiger charge is -2.36. The van der Waals surface area contributed by atoms with Crippen LogP contribution in [0.15, 0.2) is 40.3 Å². The number of nitrogens with zero attached hydrogens (tertiary/aromatic N) is 4. The highest BCUT2D eigenvalue weighted by Crippen LogP contribution is 2.20. The maximum absolute atomic E-state index is 12.6. The van der Waals surface area contributed by atoms with E-state index in [1.807, 2.05) is 23.1 Å². The van der Waals surface area contributed by atoms with Crippen LogP contribution in [0.25, 0.3) is 0 Å². The maximum Gasteiger partial charge on any atom is 0.344 e. The molecule has 8 nitrogen and oxygen atoms in total. The molecule has 2 aliphatic heterocycles. The first-order valence-electron chi connectivity index (χ1n) is 9.68. The molecule has 1 atom stereocenters. The molecule has 150 valence electrons. The number of benzene rings is 1. The lowest BCUT2D eigenvalue weighted by molar-refractivity contribution is -0.128. The number of carbonyl (C=O) groups excluding carboxylic acids is 1. The van der Waals surface area contributed by atoms with Crippen LogP contribution in [0.3, 0.4) is 0 Å². The van der Waals surface area contributed by atoms with Crippen LogP contribution in [0.5, 0.6) is 0 Å². The molecule has 2 saturated heterocycles. The number of hydrogen-bond acceptors (Lipinski definition) is 6. The Hall–Kier alpha value is -2.26. The summed E-state index contributed by atoms with van der Waals surface area (Å²) >= 11 is 1.31. The van der Waals surface area contributed by atoms with E-state index in [0.29, 0.717) is 24.8 Å². The number of anilines is 1. The average molecular weight is 404 g/mol. The Bertz CT molecular complexity index is 839. The van der Waals surface area contributed by atoms with Gasteiger partial charge in [0, 0.05) is 38.5 Å². The Morgan fingerprint density at radius 1 is 1.21 bits per heavy atom. The highest BCUT2D eigenvalue weighted by molar-refractivity contribution is 7.99. The van der Waals surface area contributed by atoms with Crippen molar-refractivity contribution in [3.05, 3.63) is 40.8 Å². The monoisotopic (exact) mass is 403 g/mol. The number of aromatic amines is 1. The minimum atomic E-state index is -0.248. The molecule has 9 heteroatoms. The smallest absolute Gasteiger partial charge is 0.344 e. The van der Waals surface area contributed by atoms with Crippen molar-refractivity contribution in [3.63, 3.8) is 0 Å². The van der Waals surface area contributed by atoms with Crippen LogP contribution >= 0.6 is 11.8 Å². The Kier molecular flexibility index (Phi) is 6.01. The van der Waals surface area contributed by atoms with E-state index >= 15 is 0 Å². The third kappa shape index (κ3) is 4.41. The number of rotatable bonds is 6. The van der Waals surface area contributed by atoms with Gasteiger partial charge < -0.3 is 14.5 Å². The van der Waals surface area contributed by atoms with Gasteiger partial charge in [-0.2, -0.15) is 0 Å². The van der Waals surface area contributed by atoms with Crippen molar-refractivity contribution in [2.45, 2.75) is 30.6 Å². The van der Waals surface area contributed by atoms with Gasteiger partial charge in [-0.1, -0.05) is 30.0 Å². The Labute approximate surface area is 167 Å². The van der Waals surface area contributed by atoms with Gasteiger partial charge in [-0.3, -0.25) is 9.36 Å². The largest absolute Gasteiger partial charge is 0.376 e. The fourth-order valence-corrected chi connectivity index (χ4v) is 4.50. The van der Waals surface area contributed by atoms with Gasteiger partial charge in [-0.05, 0) is 25.0 Å². The number of aromatic nitrogens is 3. The zero-order chi connectivity index (χ0) is 19.3. The summed E-state index contributed by atoms with van der Waals surface area (Å²) in [6.07, 6.45) is 2.02. The first-order chi connectivity index (χ1) is 13.7. The summed E-state index contributed by atoms with van der Waals surface area (Å²) in [6.45, 7) is 4.29. The second-order valence-corrected chi connectivity index (χ2v) is 7.99. The second-order valence-electron chi connectivity index (χ2n) is 7.05. The number of hydrogen-bond donors (Lipinski definition) is 1. The molecule has 0 radical (unpaired) electrons. The second kappa shape index (κ2) is 8.83. The Balaban J connectivity index is 1.29. The van der Waals surface area contributed by atoms with E-state index in [-0.39, 0.29) is 23.5 Å². The van der Waals surface area contributed by atoms with Crippen LogP contribution in [0.1, 0.15) is 12.8 Å². The van der Waals surface area contributed by atoms with E-state index in [4.69, 9.17) is 4.74 Å². The molecule has 1 aromatic heterocycles. The van der Waals surface area contributed by atoms with Crippen LogP contribution < -0.4 is 10.6 Å². The zero-order valence-corrected chi connectivity index (χ0v) is 16.6. The minimum Gasteiger partial charge on any atom is -0.376 e. The van der Waals surface area contributed by atoms with Gasteiger partial charge in [-0.25, -0.2) is 9.89 Å². The molecule has 0 spiro atoms. The fraction of sp³-hybridized carbons (Fsp3) is 0.526. The molecule has 2 aromatic rings. The van der Waals surface area contributed by atoms with E-state index in [1.54, 1.807) is 4.57 Å². The molecule has 2 aliphatic rings. The Morgan fingerprint density at radius 3 is 2.71 bits per heavy atom. The van der Waals surface area contributed by atoms with Gasteiger partial charge in [0.25, 0.3) is 0 Å². The number of thioether (sulfide) groups is 1. The van der Waals surface area contributed by atoms with Crippen molar-refractivity contribution >= 4 is 23.4 Å². The van der Waals surface area contributed by atoms with Gasteiger partial charge in [-0.15, -0.1) is 5.10 Å².